The van der Waals surface area contributed by atoms with Gasteiger partial charge in [-0.25, -0.2) is 27.5 Å². The zero-order valence-corrected chi connectivity index (χ0v) is 22.1. The van der Waals surface area contributed by atoms with Crippen LogP contribution in [0.5, 0.6) is 5.88 Å². The molecule has 0 saturated carbocycles. The van der Waals surface area contributed by atoms with E-state index in [1.165, 1.54) is 40.6 Å². The summed E-state index contributed by atoms with van der Waals surface area (Å²) in [7, 11) is 1.32. The summed E-state index contributed by atoms with van der Waals surface area (Å²) >= 11 is 5.88. The highest BCUT2D eigenvalue weighted by Gasteiger charge is 2.27. The van der Waals surface area contributed by atoms with Crippen molar-refractivity contribution >= 4 is 34.0 Å². The van der Waals surface area contributed by atoms with Crippen molar-refractivity contribution in [2.24, 2.45) is 5.92 Å². The average molecular weight is 582 g/mol. The second-order valence-electron chi connectivity index (χ2n) is 9.52. The van der Waals surface area contributed by atoms with Crippen LogP contribution in [0.4, 0.5) is 19.0 Å². The third-order valence-electron chi connectivity index (χ3n) is 7.04. The first kappa shape index (κ1) is 26.4. The molecule has 1 fully saturated rings. The molecule has 0 bridgehead atoms. The number of fused-ring (bicyclic) bond motifs is 2. The largest absolute Gasteiger partial charge is 0.480 e. The number of nitrogens with zero attached hydrogens (tertiary/aromatic N) is 7. The van der Waals surface area contributed by atoms with Crippen LogP contribution in [0.2, 0.25) is 5.02 Å². The third kappa shape index (κ3) is 4.36. The van der Waals surface area contributed by atoms with Crippen molar-refractivity contribution in [1.82, 2.24) is 23.5 Å². The van der Waals surface area contributed by atoms with E-state index < -0.39 is 33.7 Å². The van der Waals surface area contributed by atoms with E-state index in [-0.39, 0.29) is 46.3 Å². The smallest absolute Gasteiger partial charge is 0.337 e. The van der Waals surface area contributed by atoms with Gasteiger partial charge in [-0.1, -0.05) is 11.6 Å². The number of rotatable bonds is 5. The predicted octanol–water partition coefficient (Wildman–Crippen LogP) is 3.67. The van der Waals surface area contributed by atoms with Crippen LogP contribution < -0.4 is 20.9 Å². The number of nitriles is 1. The zero-order chi connectivity index (χ0) is 29.0. The number of aromatic nitrogens is 5. The second kappa shape index (κ2) is 9.97. The highest BCUT2D eigenvalue weighted by Crippen LogP contribution is 2.30. The van der Waals surface area contributed by atoms with Crippen molar-refractivity contribution in [3.05, 3.63) is 91.6 Å². The van der Waals surface area contributed by atoms with Gasteiger partial charge in [-0.2, -0.15) is 10.2 Å². The van der Waals surface area contributed by atoms with E-state index in [9.17, 15) is 28.0 Å². The number of imidazole rings is 1. The fraction of sp³-hybridized carbons (Fsp3) is 0.222. The van der Waals surface area contributed by atoms with Crippen molar-refractivity contribution < 1.29 is 17.9 Å². The lowest BCUT2D eigenvalue weighted by atomic mass is 10.1. The summed E-state index contributed by atoms with van der Waals surface area (Å²) in [6, 6.07) is 8.12. The lowest BCUT2D eigenvalue weighted by Crippen LogP contribution is -2.40. The number of hydrogen-bond acceptors (Lipinski definition) is 7. The van der Waals surface area contributed by atoms with Crippen LogP contribution >= 0.6 is 11.6 Å². The number of benzene rings is 1. The molecule has 5 heterocycles. The molecule has 1 aliphatic rings. The van der Waals surface area contributed by atoms with Gasteiger partial charge in [-0.15, -0.1) is 0 Å². The van der Waals surface area contributed by atoms with Gasteiger partial charge in [-0.3, -0.25) is 13.8 Å². The summed E-state index contributed by atoms with van der Waals surface area (Å²) in [4.78, 5) is 38.5. The van der Waals surface area contributed by atoms with Crippen LogP contribution in [0.15, 0.2) is 52.3 Å². The predicted molar refractivity (Wildman–Crippen MR) is 143 cm³/mol. The number of halogens is 4. The van der Waals surface area contributed by atoms with Gasteiger partial charge < -0.3 is 9.64 Å². The first-order chi connectivity index (χ1) is 19.7. The molecule has 208 valence electrons. The molecular formula is C27H19ClF3N7O3. The molecule has 0 aliphatic carbocycles. The molecule has 5 aromatic rings. The zero-order valence-electron chi connectivity index (χ0n) is 21.3. The van der Waals surface area contributed by atoms with Crippen LogP contribution in [0, 0.1) is 34.7 Å². The summed E-state index contributed by atoms with van der Waals surface area (Å²) in [6.45, 7) is 0.584. The van der Waals surface area contributed by atoms with Crippen molar-refractivity contribution in [3.8, 4) is 17.8 Å². The highest BCUT2D eigenvalue weighted by atomic mass is 35.5. The number of methoxy groups -OCH3 is 1. The van der Waals surface area contributed by atoms with E-state index in [2.05, 4.69) is 16.0 Å². The Labute approximate surface area is 234 Å². The minimum absolute atomic E-state index is 0.0107. The molecule has 0 amide bonds. The van der Waals surface area contributed by atoms with Crippen molar-refractivity contribution in [1.29, 1.82) is 5.26 Å². The molecule has 1 saturated heterocycles. The molecule has 4 aromatic heterocycles. The van der Waals surface area contributed by atoms with Gasteiger partial charge in [0.2, 0.25) is 5.88 Å². The molecule has 6 rings (SSSR count). The Hall–Kier alpha value is -4.83. The monoisotopic (exact) mass is 581 g/mol. The maximum Gasteiger partial charge on any atom is 0.337 e. The number of anilines is 1. The molecule has 41 heavy (non-hydrogen) atoms. The van der Waals surface area contributed by atoms with E-state index in [1.807, 2.05) is 4.90 Å². The quantitative estimate of drug-likeness (QED) is 0.291. The number of pyridine rings is 2. The summed E-state index contributed by atoms with van der Waals surface area (Å²) in [5.41, 5.74) is -1.23. The van der Waals surface area contributed by atoms with Gasteiger partial charge in [-0.05, 0) is 30.2 Å². The van der Waals surface area contributed by atoms with Gasteiger partial charge in [0.05, 0.1) is 42.4 Å². The van der Waals surface area contributed by atoms with Crippen molar-refractivity contribution in [3.63, 3.8) is 0 Å². The van der Waals surface area contributed by atoms with Crippen molar-refractivity contribution in [2.75, 3.05) is 25.1 Å². The van der Waals surface area contributed by atoms with Gasteiger partial charge in [0, 0.05) is 31.4 Å². The average Bonchev–Trinajstić information content (AvgIpc) is 3.60. The van der Waals surface area contributed by atoms with Crippen LogP contribution in [0.1, 0.15) is 12.0 Å². The summed E-state index contributed by atoms with van der Waals surface area (Å²) in [5.74, 6) is -2.94. The summed E-state index contributed by atoms with van der Waals surface area (Å²) in [6.07, 6.45) is 3.16. The molecule has 1 aliphatic heterocycles. The molecule has 0 unspecified atom stereocenters. The summed E-state index contributed by atoms with van der Waals surface area (Å²) in [5, 5.41) is 8.80. The van der Waals surface area contributed by atoms with Crippen LogP contribution in [-0.2, 0) is 6.54 Å². The van der Waals surface area contributed by atoms with Crippen molar-refractivity contribution in [2.45, 2.75) is 13.0 Å². The second-order valence-corrected chi connectivity index (χ2v) is 9.92. The lowest BCUT2D eigenvalue weighted by molar-refractivity contribution is 0.402. The maximum atomic E-state index is 14.3. The lowest BCUT2D eigenvalue weighted by Gasteiger charge is -2.20. The molecular weight excluding hydrogens is 563 g/mol. The first-order valence-electron chi connectivity index (χ1n) is 12.4. The Bertz CT molecular complexity index is 2010. The third-order valence-corrected chi connectivity index (χ3v) is 7.31. The van der Waals surface area contributed by atoms with Gasteiger partial charge in [0.1, 0.15) is 28.5 Å². The molecule has 1 aromatic carbocycles. The SMILES string of the molecule is COc1nc(N2CC[C@@H](C#N)C2)cc2c1c(=O)n(-c1cnc3cc(F)ccn13)c(=O)n2Cc1cc(F)c(F)c(Cl)c1. The first-order valence-corrected chi connectivity index (χ1v) is 12.7. The summed E-state index contributed by atoms with van der Waals surface area (Å²) < 4.78 is 50.9. The fourth-order valence-electron chi connectivity index (χ4n) is 5.06. The maximum absolute atomic E-state index is 14.3. The molecule has 1 atom stereocenters. The topological polar surface area (TPSA) is 110 Å². The van der Waals surface area contributed by atoms with Crippen LogP contribution in [0.3, 0.4) is 0 Å². The Balaban J connectivity index is 1.66. The Morgan fingerprint density at radius 1 is 1.20 bits per heavy atom. The molecule has 10 nitrogen and oxygen atoms in total. The standard InChI is InChI=1S/C27H19ClF3N7O3/c1-41-25-23-19(9-21(34-25)35-4-2-14(10-32)12-35)37(13-15-6-17(28)24(31)18(30)7-15)27(40)38(26(23)39)22-11-33-20-8-16(29)3-5-36(20)22/h3,5-9,11,14H,2,4,12-13H2,1H3/t14-/m0/s1. The minimum atomic E-state index is -1.23. The van der Waals surface area contributed by atoms with Crippen LogP contribution in [-0.4, -0.2) is 43.7 Å². The molecule has 0 N–H and O–H groups in total. The van der Waals surface area contributed by atoms with E-state index in [1.54, 1.807) is 0 Å². The normalized spacial score (nSPS) is 15.1. The molecule has 0 radical (unpaired) electrons. The van der Waals surface area contributed by atoms with Gasteiger partial charge in [0.25, 0.3) is 5.56 Å². The van der Waals surface area contributed by atoms with Crippen LogP contribution in [0.25, 0.3) is 22.4 Å². The number of ether oxygens (including phenoxy) is 1. The minimum Gasteiger partial charge on any atom is -0.480 e. The van der Waals surface area contributed by atoms with E-state index in [0.717, 1.165) is 22.8 Å². The van der Waals surface area contributed by atoms with E-state index >= 15 is 0 Å². The van der Waals surface area contributed by atoms with E-state index in [0.29, 0.717) is 25.3 Å². The Morgan fingerprint density at radius 2 is 2.00 bits per heavy atom. The highest BCUT2D eigenvalue weighted by molar-refractivity contribution is 6.30. The van der Waals surface area contributed by atoms with Gasteiger partial charge >= 0.3 is 5.69 Å². The molecule has 14 heteroatoms. The number of hydrogen-bond donors (Lipinski definition) is 0. The van der Waals surface area contributed by atoms with Gasteiger partial charge in [0.15, 0.2) is 11.6 Å². The molecule has 0 spiro atoms. The van der Waals surface area contributed by atoms with E-state index in [4.69, 9.17) is 16.3 Å². The Kier molecular flexibility index (Phi) is 6.42. The fourth-order valence-corrected chi connectivity index (χ4v) is 5.29. The Morgan fingerprint density at radius 3 is 2.71 bits per heavy atom.